The van der Waals surface area contributed by atoms with E-state index in [1.807, 2.05) is 24.4 Å². The number of piperidine rings is 1. The zero-order chi connectivity index (χ0) is 18.1. The third-order valence-corrected chi connectivity index (χ3v) is 4.60. The lowest BCUT2D eigenvalue weighted by Crippen LogP contribution is -2.44. The number of pyridine rings is 1. The second kappa shape index (κ2) is 6.80. The maximum atomic E-state index is 11.2. The molecule has 0 aliphatic carbocycles. The molecule has 0 unspecified atom stereocenters. The van der Waals surface area contributed by atoms with Crippen molar-refractivity contribution in [2.75, 3.05) is 18.4 Å². The smallest absolute Gasteiger partial charge is 0.407 e. The standard InChI is InChI=1S/C17H17ClN6O2/c18-14-8-15(20-11-4-3-6-23(10-11)17(25)26)22-16(21-14)12-9-19-24-7-2-1-5-13(12)24/h1-2,5,7-9,11H,3-4,6,10H2,(H,25,26)(H,20,21,22)/t11-/m1/s1. The quantitative estimate of drug-likeness (QED) is 0.686. The summed E-state index contributed by atoms with van der Waals surface area (Å²) in [5, 5.41) is 17.1. The van der Waals surface area contributed by atoms with Gasteiger partial charge in [0.15, 0.2) is 5.82 Å². The Morgan fingerprint density at radius 1 is 1.35 bits per heavy atom. The Labute approximate surface area is 154 Å². The molecule has 4 heterocycles. The number of carboxylic acid groups (broad SMARTS) is 1. The largest absolute Gasteiger partial charge is 0.465 e. The Morgan fingerprint density at radius 3 is 3.08 bits per heavy atom. The molecule has 1 aliphatic heterocycles. The van der Waals surface area contributed by atoms with Crippen LogP contribution in [-0.2, 0) is 0 Å². The fraction of sp³-hybridized carbons (Fsp3) is 0.294. The van der Waals surface area contributed by atoms with Crippen LogP contribution >= 0.6 is 11.6 Å². The number of hydrogen-bond acceptors (Lipinski definition) is 5. The number of rotatable bonds is 3. The number of hydrogen-bond donors (Lipinski definition) is 2. The zero-order valence-electron chi connectivity index (χ0n) is 13.8. The Morgan fingerprint density at radius 2 is 2.23 bits per heavy atom. The van der Waals surface area contributed by atoms with E-state index in [2.05, 4.69) is 20.4 Å². The molecule has 0 bridgehead atoms. The summed E-state index contributed by atoms with van der Waals surface area (Å²) < 4.78 is 1.75. The number of halogens is 1. The Kier molecular flexibility index (Phi) is 4.34. The normalized spacial score (nSPS) is 17.4. The lowest BCUT2D eigenvalue weighted by atomic mass is 10.1. The molecule has 3 aromatic rings. The highest BCUT2D eigenvalue weighted by Gasteiger charge is 2.23. The molecule has 134 valence electrons. The number of aromatic nitrogens is 4. The molecule has 0 radical (unpaired) electrons. The molecule has 0 aromatic carbocycles. The van der Waals surface area contributed by atoms with Crippen molar-refractivity contribution >= 4 is 29.0 Å². The first kappa shape index (κ1) is 16.6. The van der Waals surface area contributed by atoms with E-state index in [1.165, 1.54) is 4.90 Å². The fourth-order valence-corrected chi connectivity index (χ4v) is 3.38. The number of nitrogens with zero attached hydrogens (tertiary/aromatic N) is 5. The van der Waals surface area contributed by atoms with Crippen LogP contribution < -0.4 is 5.32 Å². The second-order valence-corrected chi connectivity index (χ2v) is 6.59. The van der Waals surface area contributed by atoms with Gasteiger partial charge in [-0.1, -0.05) is 17.7 Å². The summed E-state index contributed by atoms with van der Waals surface area (Å²) in [7, 11) is 0. The maximum Gasteiger partial charge on any atom is 0.407 e. The number of fused-ring (bicyclic) bond motifs is 1. The van der Waals surface area contributed by atoms with E-state index >= 15 is 0 Å². The van der Waals surface area contributed by atoms with Crippen molar-refractivity contribution in [3.8, 4) is 11.4 Å². The molecule has 1 aliphatic rings. The van der Waals surface area contributed by atoms with Crippen LogP contribution in [0.15, 0.2) is 36.7 Å². The van der Waals surface area contributed by atoms with Crippen LogP contribution in [0.3, 0.4) is 0 Å². The average Bonchev–Trinajstić information content (AvgIpc) is 3.05. The summed E-state index contributed by atoms with van der Waals surface area (Å²) in [5.74, 6) is 1.06. The fourth-order valence-electron chi connectivity index (χ4n) is 3.20. The van der Waals surface area contributed by atoms with Crippen LogP contribution in [0.2, 0.25) is 5.15 Å². The van der Waals surface area contributed by atoms with Gasteiger partial charge in [-0.15, -0.1) is 0 Å². The molecule has 1 saturated heterocycles. The van der Waals surface area contributed by atoms with Crippen molar-refractivity contribution < 1.29 is 9.90 Å². The van der Waals surface area contributed by atoms with Gasteiger partial charge in [-0.05, 0) is 25.0 Å². The molecule has 1 atom stereocenters. The summed E-state index contributed by atoms with van der Waals surface area (Å²) in [6.45, 7) is 0.981. The highest BCUT2D eigenvalue weighted by atomic mass is 35.5. The first-order valence-electron chi connectivity index (χ1n) is 8.32. The van der Waals surface area contributed by atoms with E-state index in [0.717, 1.165) is 23.9 Å². The minimum atomic E-state index is -0.899. The highest BCUT2D eigenvalue weighted by Crippen LogP contribution is 2.25. The molecule has 1 amide bonds. The monoisotopic (exact) mass is 372 g/mol. The van der Waals surface area contributed by atoms with Crippen molar-refractivity contribution in [3.05, 3.63) is 41.8 Å². The molecule has 26 heavy (non-hydrogen) atoms. The van der Waals surface area contributed by atoms with E-state index in [4.69, 9.17) is 11.6 Å². The number of likely N-dealkylation sites (tertiary alicyclic amines) is 1. The van der Waals surface area contributed by atoms with Crippen molar-refractivity contribution in [2.45, 2.75) is 18.9 Å². The second-order valence-electron chi connectivity index (χ2n) is 6.20. The average molecular weight is 373 g/mol. The summed E-state index contributed by atoms with van der Waals surface area (Å²) >= 11 is 6.19. The highest BCUT2D eigenvalue weighted by molar-refractivity contribution is 6.29. The molecule has 0 spiro atoms. The van der Waals surface area contributed by atoms with Gasteiger partial charge < -0.3 is 15.3 Å². The van der Waals surface area contributed by atoms with Gasteiger partial charge in [-0.25, -0.2) is 19.3 Å². The Balaban J connectivity index is 1.61. The van der Waals surface area contributed by atoms with Gasteiger partial charge in [0.1, 0.15) is 11.0 Å². The van der Waals surface area contributed by atoms with E-state index in [-0.39, 0.29) is 6.04 Å². The van der Waals surface area contributed by atoms with Gasteiger partial charge in [0, 0.05) is 31.4 Å². The van der Waals surface area contributed by atoms with Crippen molar-refractivity contribution in [1.82, 2.24) is 24.5 Å². The third-order valence-electron chi connectivity index (χ3n) is 4.41. The summed E-state index contributed by atoms with van der Waals surface area (Å²) in [6, 6.07) is 7.39. The number of carbonyl (C=O) groups is 1. The van der Waals surface area contributed by atoms with Gasteiger partial charge in [0.25, 0.3) is 0 Å². The summed E-state index contributed by atoms with van der Waals surface area (Å²) in [4.78, 5) is 21.5. The molecule has 8 nitrogen and oxygen atoms in total. The van der Waals surface area contributed by atoms with Gasteiger partial charge in [0.2, 0.25) is 0 Å². The minimum Gasteiger partial charge on any atom is -0.465 e. The van der Waals surface area contributed by atoms with Gasteiger partial charge >= 0.3 is 6.09 Å². The lowest BCUT2D eigenvalue weighted by molar-refractivity contribution is 0.133. The minimum absolute atomic E-state index is 0.0115. The number of amides is 1. The van der Waals surface area contributed by atoms with Gasteiger partial charge in [-0.2, -0.15) is 5.10 Å². The molecule has 1 fully saturated rings. The zero-order valence-corrected chi connectivity index (χ0v) is 14.6. The first-order chi connectivity index (χ1) is 12.6. The van der Waals surface area contributed by atoms with E-state index < -0.39 is 6.09 Å². The summed E-state index contributed by atoms with van der Waals surface area (Å²) in [6.07, 6.45) is 4.34. The van der Waals surface area contributed by atoms with Crippen LogP contribution in [0.25, 0.3) is 16.9 Å². The van der Waals surface area contributed by atoms with Crippen LogP contribution in [-0.4, -0.2) is 54.8 Å². The van der Waals surface area contributed by atoms with Gasteiger partial charge in [0.05, 0.1) is 17.3 Å². The molecular weight excluding hydrogens is 356 g/mol. The number of nitrogens with one attached hydrogen (secondary N) is 1. The van der Waals surface area contributed by atoms with E-state index in [0.29, 0.717) is 29.9 Å². The summed E-state index contributed by atoms with van der Waals surface area (Å²) in [5.41, 5.74) is 1.67. The molecule has 3 aromatic heterocycles. The molecule has 9 heteroatoms. The van der Waals surface area contributed by atoms with Crippen molar-refractivity contribution in [3.63, 3.8) is 0 Å². The van der Waals surface area contributed by atoms with E-state index in [9.17, 15) is 9.90 Å². The lowest BCUT2D eigenvalue weighted by Gasteiger charge is -2.31. The Bertz CT molecular complexity index is 959. The number of anilines is 1. The van der Waals surface area contributed by atoms with E-state index in [1.54, 1.807) is 16.8 Å². The molecule has 2 N–H and O–H groups in total. The van der Waals surface area contributed by atoms with Gasteiger partial charge in [-0.3, -0.25) is 0 Å². The third kappa shape index (κ3) is 3.28. The first-order valence-corrected chi connectivity index (χ1v) is 8.70. The molecule has 4 rings (SSSR count). The Hall–Kier alpha value is -2.87. The SMILES string of the molecule is O=C(O)N1CCC[C@@H](Nc2cc(Cl)nc(-c3cnn4ccccc34)n2)C1. The van der Waals surface area contributed by atoms with Crippen molar-refractivity contribution in [1.29, 1.82) is 0 Å². The predicted molar refractivity (Wildman–Crippen MR) is 97.5 cm³/mol. The van der Waals surface area contributed by atoms with Crippen LogP contribution in [0.5, 0.6) is 0 Å². The van der Waals surface area contributed by atoms with Crippen molar-refractivity contribution in [2.24, 2.45) is 0 Å². The maximum absolute atomic E-state index is 11.2. The van der Waals surface area contributed by atoms with Crippen LogP contribution in [0.4, 0.5) is 10.6 Å². The molecular formula is C17H17ClN6O2. The van der Waals surface area contributed by atoms with Crippen LogP contribution in [0.1, 0.15) is 12.8 Å². The topological polar surface area (TPSA) is 95.7 Å². The van der Waals surface area contributed by atoms with Crippen LogP contribution in [0, 0.1) is 0 Å². The molecule has 0 saturated carbocycles. The predicted octanol–water partition coefficient (Wildman–Crippen LogP) is 3.00.